The van der Waals surface area contributed by atoms with Crippen molar-refractivity contribution >= 4 is 0 Å². The first kappa shape index (κ1) is 15.2. The number of benzene rings is 1. The lowest BCUT2D eigenvalue weighted by Gasteiger charge is -2.28. The third kappa shape index (κ3) is 4.43. The number of hydrogen-bond acceptors (Lipinski definition) is 2. The van der Waals surface area contributed by atoms with Gasteiger partial charge in [-0.05, 0) is 45.5 Å². The number of rotatable bonds is 8. The van der Waals surface area contributed by atoms with Crippen molar-refractivity contribution in [3.8, 4) is 0 Å². The van der Waals surface area contributed by atoms with Crippen molar-refractivity contribution in [1.29, 1.82) is 0 Å². The van der Waals surface area contributed by atoms with Gasteiger partial charge in [-0.25, -0.2) is 0 Å². The monoisotopic (exact) mass is 248 g/mol. The minimum Gasteiger partial charge on any atom is -0.313 e. The second-order valence-electron chi connectivity index (χ2n) is 4.99. The Kier molecular flexibility index (Phi) is 6.99. The lowest BCUT2D eigenvalue weighted by Crippen LogP contribution is -2.33. The van der Waals surface area contributed by atoms with E-state index in [0.717, 1.165) is 19.0 Å². The highest BCUT2D eigenvalue weighted by atomic mass is 15.1. The molecule has 1 aromatic carbocycles. The second-order valence-corrected chi connectivity index (χ2v) is 4.99. The molecule has 0 aliphatic heterocycles. The highest BCUT2D eigenvalue weighted by Gasteiger charge is 2.13. The van der Waals surface area contributed by atoms with Gasteiger partial charge in [0.15, 0.2) is 0 Å². The molecule has 1 aromatic rings. The van der Waals surface area contributed by atoms with Crippen LogP contribution in [-0.4, -0.2) is 31.6 Å². The van der Waals surface area contributed by atoms with E-state index in [1.54, 1.807) is 0 Å². The largest absolute Gasteiger partial charge is 0.313 e. The fourth-order valence-electron chi connectivity index (χ4n) is 2.59. The van der Waals surface area contributed by atoms with E-state index in [9.17, 15) is 0 Å². The van der Waals surface area contributed by atoms with E-state index < -0.39 is 0 Å². The zero-order valence-corrected chi connectivity index (χ0v) is 12.3. The standard InChI is InChI=1S/C16H28N2/c1-5-15(6-2)18(4)13-12-16(17-3)14-10-8-7-9-11-14/h7-11,15-17H,5-6,12-13H2,1-4H3. The molecule has 0 aliphatic rings. The lowest BCUT2D eigenvalue weighted by atomic mass is 10.0. The van der Waals surface area contributed by atoms with Crippen molar-refractivity contribution in [1.82, 2.24) is 10.2 Å². The molecule has 0 bridgehead atoms. The van der Waals surface area contributed by atoms with Gasteiger partial charge < -0.3 is 10.2 Å². The van der Waals surface area contributed by atoms with Crippen molar-refractivity contribution in [3.63, 3.8) is 0 Å². The average molecular weight is 248 g/mol. The van der Waals surface area contributed by atoms with E-state index in [2.05, 4.69) is 68.5 Å². The first-order chi connectivity index (χ1) is 8.72. The molecule has 2 heteroatoms. The molecule has 0 aromatic heterocycles. The van der Waals surface area contributed by atoms with Crippen molar-refractivity contribution in [3.05, 3.63) is 35.9 Å². The predicted molar refractivity (Wildman–Crippen MR) is 79.9 cm³/mol. The number of nitrogens with zero attached hydrogens (tertiary/aromatic N) is 1. The van der Waals surface area contributed by atoms with Crippen molar-refractivity contribution in [2.75, 3.05) is 20.6 Å². The van der Waals surface area contributed by atoms with Gasteiger partial charge in [0.05, 0.1) is 0 Å². The van der Waals surface area contributed by atoms with Gasteiger partial charge in [0.1, 0.15) is 0 Å². The molecule has 0 amide bonds. The fourth-order valence-corrected chi connectivity index (χ4v) is 2.59. The maximum atomic E-state index is 3.42. The first-order valence-corrected chi connectivity index (χ1v) is 7.15. The van der Waals surface area contributed by atoms with Crippen LogP contribution in [-0.2, 0) is 0 Å². The van der Waals surface area contributed by atoms with Gasteiger partial charge in [0.2, 0.25) is 0 Å². The van der Waals surface area contributed by atoms with E-state index in [0.29, 0.717) is 6.04 Å². The molecule has 1 rings (SSSR count). The molecule has 1 atom stereocenters. The van der Waals surface area contributed by atoms with Crippen LogP contribution in [0.4, 0.5) is 0 Å². The number of nitrogens with one attached hydrogen (secondary N) is 1. The zero-order chi connectivity index (χ0) is 13.4. The fraction of sp³-hybridized carbons (Fsp3) is 0.625. The van der Waals surface area contributed by atoms with E-state index >= 15 is 0 Å². The van der Waals surface area contributed by atoms with Crippen molar-refractivity contribution in [2.24, 2.45) is 0 Å². The maximum absolute atomic E-state index is 3.42. The smallest absolute Gasteiger partial charge is 0.0329 e. The predicted octanol–water partition coefficient (Wildman–Crippen LogP) is 3.46. The van der Waals surface area contributed by atoms with E-state index in [1.165, 1.54) is 18.4 Å². The molecule has 2 nitrogen and oxygen atoms in total. The average Bonchev–Trinajstić information content (AvgIpc) is 2.42. The third-order valence-corrected chi connectivity index (χ3v) is 3.89. The van der Waals surface area contributed by atoms with Gasteiger partial charge in [-0.15, -0.1) is 0 Å². The molecular formula is C16H28N2. The lowest BCUT2D eigenvalue weighted by molar-refractivity contribution is 0.219. The molecule has 0 fully saturated rings. The van der Waals surface area contributed by atoms with Crippen LogP contribution in [0.1, 0.15) is 44.7 Å². The van der Waals surface area contributed by atoms with Crippen LogP contribution in [0.5, 0.6) is 0 Å². The minimum atomic E-state index is 0.461. The summed E-state index contributed by atoms with van der Waals surface area (Å²) in [5.74, 6) is 0. The van der Waals surface area contributed by atoms with Crippen LogP contribution in [0, 0.1) is 0 Å². The van der Waals surface area contributed by atoms with Crippen LogP contribution in [0.3, 0.4) is 0 Å². The summed E-state index contributed by atoms with van der Waals surface area (Å²) in [7, 11) is 4.30. The van der Waals surface area contributed by atoms with Crippen LogP contribution in [0.25, 0.3) is 0 Å². The Labute approximate surface area is 112 Å². The normalized spacial score (nSPS) is 13.2. The van der Waals surface area contributed by atoms with Crippen LogP contribution < -0.4 is 5.32 Å². The van der Waals surface area contributed by atoms with E-state index in [4.69, 9.17) is 0 Å². The molecule has 1 N–H and O–H groups in total. The summed E-state index contributed by atoms with van der Waals surface area (Å²) in [6.07, 6.45) is 3.64. The molecule has 0 radical (unpaired) electrons. The van der Waals surface area contributed by atoms with Crippen molar-refractivity contribution < 1.29 is 0 Å². The van der Waals surface area contributed by atoms with Gasteiger partial charge >= 0.3 is 0 Å². The topological polar surface area (TPSA) is 15.3 Å². The molecule has 0 spiro atoms. The Morgan fingerprint density at radius 3 is 2.22 bits per heavy atom. The van der Waals surface area contributed by atoms with Crippen LogP contribution in [0.2, 0.25) is 0 Å². The van der Waals surface area contributed by atoms with Crippen molar-refractivity contribution in [2.45, 2.75) is 45.2 Å². The highest BCUT2D eigenvalue weighted by molar-refractivity contribution is 5.18. The first-order valence-electron chi connectivity index (χ1n) is 7.15. The Morgan fingerprint density at radius 1 is 1.11 bits per heavy atom. The summed E-state index contributed by atoms with van der Waals surface area (Å²) in [6, 6.07) is 11.9. The Balaban J connectivity index is 2.50. The van der Waals surface area contributed by atoms with Gasteiger partial charge in [0, 0.05) is 12.1 Å². The molecule has 0 saturated heterocycles. The van der Waals surface area contributed by atoms with Gasteiger partial charge in [-0.2, -0.15) is 0 Å². The highest BCUT2D eigenvalue weighted by Crippen LogP contribution is 2.17. The maximum Gasteiger partial charge on any atom is 0.0329 e. The molecule has 102 valence electrons. The molecule has 1 unspecified atom stereocenters. The third-order valence-electron chi connectivity index (χ3n) is 3.89. The molecule has 0 saturated carbocycles. The molecule has 0 aliphatic carbocycles. The van der Waals surface area contributed by atoms with E-state index in [-0.39, 0.29) is 0 Å². The number of hydrogen-bond donors (Lipinski definition) is 1. The molecule has 0 heterocycles. The minimum absolute atomic E-state index is 0.461. The Bertz CT molecular complexity index is 306. The summed E-state index contributed by atoms with van der Waals surface area (Å²) >= 11 is 0. The summed E-state index contributed by atoms with van der Waals surface area (Å²) in [5.41, 5.74) is 1.39. The summed E-state index contributed by atoms with van der Waals surface area (Å²) < 4.78 is 0. The Morgan fingerprint density at radius 2 is 1.72 bits per heavy atom. The summed E-state index contributed by atoms with van der Waals surface area (Å²) in [5, 5.41) is 3.42. The van der Waals surface area contributed by atoms with Gasteiger partial charge in [-0.3, -0.25) is 0 Å². The summed E-state index contributed by atoms with van der Waals surface area (Å²) in [4.78, 5) is 2.49. The molecular weight excluding hydrogens is 220 g/mol. The quantitative estimate of drug-likeness (QED) is 0.758. The Hall–Kier alpha value is -0.860. The van der Waals surface area contributed by atoms with E-state index in [1.807, 2.05) is 0 Å². The van der Waals surface area contributed by atoms with Gasteiger partial charge in [-0.1, -0.05) is 44.2 Å². The summed E-state index contributed by atoms with van der Waals surface area (Å²) in [6.45, 7) is 5.70. The van der Waals surface area contributed by atoms with Crippen LogP contribution in [0.15, 0.2) is 30.3 Å². The van der Waals surface area contributed by atoms with Crippen LogP contribution >= 0.6 is 0 Å². The van der Waals surface area contributed by atoms with Gasteiger partial charge in [0.25, 0.3) is 0 Å². The second kappa shape index (κ2) is 8.28. The SMILES string of the molecule is CCC(CC)N(C)CCC(NC)c1ccccc1. The zero-order valence-electron chi connectivity index (χ0n) is 12.3. The molecule has 18 heavy (non-hydrogen) atoms.